The number of rotatable bonds is 4. The van der Waals surface area contributed by atoms with Crippen molar-refractivity contribution in [3.8, 4) is 0 Å². The van der Waals surface area contributed by atoms with Gasteiger partial charge in [0.15, 0.2) is 17.5 Å². The Morgan fingerprint density at radius 3 is 2.05 bits per heavy atom. The minimum atomic E-state index is 0.576. The molecule has 0 spiro atoms. The number of amidine groups is 3. The van der Waals surface area contributed by atoms with Crippen molar-refractivity contribution in [3.63, 3.8) is 0 Å². The van der Waals surface area contributed by atoms with Crippen LogP contribution in [0.1, 0.15) is 40.3 Å². The van der Waals surface area contributed by atoms with E-state index >= 15 is 0 Å². The van der Waals surface area contributed by atoms with Gasteiger partial charge in [-0.25, -0.2) is 25.0 Å². The quantitative estimate of drug-likeness (QED) is 0.220. The number of aliphatic imine (C=N–C) groups is 5. The molecule has 7 rings (SSSR count). The average molecular weight is 558 g/mol. The third-order valence-electron chi connectivity index (χ3n) is 7.57. The molecule has 0 radical (unpaired) electrons. The van der Waals surface area contributed by atoms with Gasteiger partial charge < -0.3 is 10.7 Å². The number of fused-ring (bicyclic) bond motifs is 3. The minimum absolute atomic E-state index is 0.576. The number of H-pyrrole nitrogens is 1. The highest BCUT2D eigenvalue weighted by atomic mass is 15.1. The van der Waals surface area contributed by atoms with E-state index in [9.17, 15) is 0 Å². The van der Waals surface area contributed by atoms with Crippen LogP contribution >= 0.6 is 0 Å². The standard InChI is InChI=1S/C36H27N7/c1-4-31(40-33-27-17-9-6-14-24(27)22(3)38-33)25-15-7-5-13-23(25)21(2)39-34-29-19-11-12-20-30(29)36(42-34)43-35-28-18-10-8-16-26(28)32(37)41-35/h4-20,41H,1,3,37H2,2H3. The molecule has 3 N–H and O–H groups in total. The van der Waals surface area contributed by atoms with E-state index in [4.69, 9.17) is 25.7 Å². The van der Waals surface area contributed by atoms with E-state index in [0.29, 0.717) is 40.6 Å². The third-order valence-corrected chi connectivity index (χ3v) is 7.57. The summed E-state index contributed by atoms with van der Waals surface area (Å²) in [6.07, 6.45) is 1.75. The molecule has 0 aliphatic carbocycles. The van der Waals surface area contributed by atoms with Crippen LogP contribution in [0.3, 0.4) is 0 Å². The van der Waals surface area contributed by atoms with Crippen molar-refractivity contribution in [1.82, 2.24) is 4.98 Å². The van der Waals surface area contributed by atoms with Gasteiger partial charge in [0, 0.05) is 49.9 Å². The molecular formula is C36H27N7. The fourth-order valence-electron chi connectivity index (χ4n) is 5.48. The lowest BCUT2D eigenvalue weighted by Crippen LogP contribution is -2.10. The number of hydrogen-bond donors (Lipinski definition) is 2. The molecule has 4 aromatic carbocycles. The van der Waals surface area contributed by atoms with Gasteiger partial charge in [-0.1, -0.05) is 110 Å². The van der Waals surface area contributed by atoms with Crippen molar-refractivity contribution in [1.29, 1.82) is 0 Å². The SMILES string of the molecule is C=CC(=NC1=NC(=C)c2ccccc21)c1ccccc1C(C)=NC1=NC(=Nc2[nH]c(N)c3ccccc23)c2ccccc21. The monoisotopic (exact) mass is 557 g/mol. The molecule has 0 amide bonds. The molecule has 0 fully saturated rings. The Balaban J connectivity index is 1.29. The summed E-state index contributed by atoms with van der Waals surface area (Å²) < 4.78 is 0. The first-order valence-corrected chi connectivity index (χ1v) is 13.9. The highest BCUT2D eigenvalue weighted by Crippen LogP contribution is 2.32. The van der Waals surface area contributed by atoms with Gasteiger partial charge in [-0.3, -0.25) is 0 Å². The second kappa shape index (κ2) is 10.5. The highest BCUT2D eigenvalue weighted by molar-refractivity contribution is 6.28. The molecule has 0 saturated carbocycles. The maximum absolute atomic E-state index is 6.22. The fraction of sp³-hybridized carbons (Fsp3) is 0.0278. The lowest BCUT2D eigenvalue weighted by atomic mass is 9.99. The number of nitrogens with one attached hydrogen (secondary N) is 1. The number of hydrogen-bond acceptors (Lipinski definition) is 5. The zero-order valence-corrected chi connectivity index (χ0v) is 23.5. The third kappa shape index (κ3) is 4.53. The molecule has 206 valence electrons. The van der Waals surface area contributed by atoms with Crippen molar-refractivity contribution >= 4 is 57.0 Å². The number of allylic oxidation sites excluding steroid dienone is 1. The zero-order valence-electron chi connectivity index (χ0n) is 23.5. The molecule has 2 aliphatic rings. The fourth-order valence-corrected chi connectivity index (χ4v) is 5.48. The van der Waals surface area contributed by atoms with Crippen molar-refractivity contribution in [3.05, 3.63) is 150 Å². The number of anilines is 1. The Morgan fingerprint density at radius 2 is 1.30 bits per heavy atom. The summed E-state index contributed by atoms with van der Waals surface area (Å²) in [5, 5.41) is 1.87. The van der Waals surface area contributed by atoms with Crippen molar-refractivity contribution in [2.75, 3.05) is 5.73 Å². The van der Waals surface area contributed by atoms with Crippen molar-refractivity contribution < 1.29 is 0 Å². The van der Waals surface area contributed by atoms with Crippen LogP contribution in [0.15, 0.2) is 141 Å². The predicted octanol–water partition coefficient (Wildman–Crippen LogP) is 7.50. The van der Waals surface area contributed by atoms with Crippen LogP contribution in [-0.2, 0) is 0 Å². The highest BCUT2D eigenvalue weighted by Gasteiger charge is 2.23. The topological polar surface area (TPSA) is 104 Å². The molecule has 3 heterocycles. The number of nitrogens with zero attached hydrogens (tertiary/aromatic N) is 5. The summed E-state index contributed by atoms with van der Waals surface area (Å²) in [6, 6.07) is 31.9. The lowest BCUT2D eigenvalue weighted by Gasteiger charge is -2.10. The summed E-state index contributed by atoms with van der Waals surface area (Å²) >= 11 is 0. The maximum Gasteiger partial charge on any atom is 0.164 e. The second-order valence-corrected chi connectivity index (χ2v) is 10.2. The van der Waals surface area contributed by atoms with E-state index in [2.05, 4.69) is 23.1 Å². The largest absolute Gasteiger partial charge is 0.385 e. The molecule has 7 heteroatoms. The van der Waals surface area contributed by atoms with Gasteiger partial charge in [-0.2, -0.15) is 0 Å². The number of nitrogens with two attached hydrogens (primary N) is 1. The van der Waals surface area contributed by atoms with E-state index in [1.165, 1.54) is 0 Å². The van der Waals surface area contributed by atoms with E-state index in [1.54, 1.807) is 6.08 Å². The number of aromatic nitrogens is 1. The first-order chi connectivity index (χ1) is 21.0. The molecule has 1 aromatic heterocycles. The van der Waals surface area contributed by atoms with Crippen molar-refractivity contribution in [2.24, 2.45) is 25.0 Å². The Kier molecular flexibility index (Phi) is 6.32. The summed E-state index contributed by atoms with van der Waals surface area (Å²) in [5.41, 5.74) is 14.0. The summed E-state index contributed by atoms with van der Waals surface area (Å²) in [5.74, 6) is 3.03. The van der Waals surface area contributed by atoms with E-state index in [-0.39, 0.29) is 0 Å². The van der Waals surface area contributed by atoms with Crippen LogP contribution < -0.4 is 5.73 Å². The summed E-state index contributed by atoms with van der Waals surface area (Å²) in [7, 11) is 0. The molecule has 0 saturated heterocycles. The molecule has 43 heavy (non-hydrogen) atoms. The van der Waals surface area contributed by atoms with E-state index in [0.717, 1.165) is 49.9 Å². The van der Waals surface area contributed by atoms with E-state index in [1.807, 2.05) is 104 Å². The first-order valence-electron chi connectivity index (χ1n) is 13.9. The predicted molar refractivity (Wildman–Crippen MR) is 179 cm³/mol. The van der Waals surface area contributed by atoms with Gasteiger partial charge in [0.1, 0.15) is 11.6 Å². The maximum atomic E-state index is 6.22. The second-order valence-electron chi connectivity index (χ2n) is 10.2. The van der Waals surface area contributed by atoms with Crippen LogP contribution in [-0.4, -0.2) is 33.9 Å². The van der Waals surface area contributed by atoms with Gasteiger partial charge in [0.2, 0.25) is 0 Å². The molecule has 0 bridgehead atoms. The normalized spacial score (nSPS) is 15.5. The Morgan fingerprint density at radius 1 is 0.721 bits per heavy atom. The smallest absolute Gasteiger partial charge is 0.164 e. The Labute approximate surface area is 249 Å². The van der Waals surface area contributed by atoms with Crippen LogP contribution in [0, 0.1) is 0 Å². The molecule has 0 atom stereocenters. The Hall–Kier alpha value is -5.95. The number of benzene rings is 4. The number of aromatic amines is 1. The van der Waals surface area contributed by atoms with Crippen LogP contribution in [0.2, 0.25) is 0 Å². The lowest BCUT2D eigenvalue weighted by molar-refractivity contribution is 1.34. The first kappa shape index (κ1) is 26.0. The van der Waals surface area contributed by atoms with Gasteiger partial charge in [-0.15, -0.1) is 0 Å². The zero-order chi connectivity index (χ0) is 29.5. The van der Waals surface area contributed by atoms with Crippen LogP contribution in [0.5, 0.6) is 0 Å². The van der Waals surface area contributed by atoms with Crippen LogP contribution in [0.25, 0.3) is 16.5 Å². The van der Waals surface area contributed by atoms with Crippen molar-refractivity contribution in [2.45, 2.75) is 6.92 Å². The summed E-state index contributed by atoms with van der Waals surface area (Å²) in [4.78, 5) is 27.6. The minimum Gasteiger partial charge on any atom is -0.385 e. The average Bonchev–Trinajstić information content (AvgIpc) is 3.67. The summed E-state index contributed by atoms with van der Waals surface area (Å²) in [6.45, 7) is 10.1. The van der Waals surface area contributed by atoms with Gasteiger partial charge >= 0.3 is 0 Å². The molecule has 2 aliphatic heterocycles. The van der Waals surface area contributed by atoms with Gasteiger partial charge in [0.25, 0.3) is 0 Å². The van der Waals surface area contributed by atoms with E-state index < -0.39 is 0 Å². The molecule has 7 nitrogen and oxygen atoms in total. The molecular weight excluding hydrogens is 530 g/mol. The molecule has 0 unspecified atom stereocenters. The Bertz CT molecular complexity index is 2140. The molecule has 5 aromatic rings. The van der Waals surface area contributed by atoms with Crippen LogP contribution in [0.4, 0.5) is 11.6 Å². The number of nitrogen functional groups attached to an aromatic ring is 1. The van der Waals surface area contributed by atoms with Gasteiger partial charge in [-0.05, 0) is 13.0 Å². The van der Waals surface area contributed by atoms with Gasteiger partial charge in [0.05, 0.1) is 11.4 Å².